The second-order valence-corrected chi connectivity index (χ2v) is 5.28. The molecule has 18 heavy (non-hydrogen) atoms. The zero-order chi connectivity index (χ0) is 13.0. The minimum Gasteiger partial charge on any atom is -0.265 e. The van der Waals surface area contributed by atoms with Gasteiger partial charge in [-0.1, -0.05) is 45.8 Å². The van der Waals surface area contributed by atoms with Crippen molar-refractivity contribution in [2.24, 2.45) is 0 Å². The molecule has 0 aliphatic carbocycles. The summed E-state index contributed by atoms with van der Waals surface area (Å²) in [5.41, 5.74) is 3.82. The van der Waals surface area contributed by atoms with E-state index in [-0.39, 0.29) is 0 Å². The van der Waals surface area contributed by atoms with E-state index >= 15 is 0 Å². The number of fused-ring (bicyclic) bond motifs is 1. The summed E-state index contributed by atoms with van der Waals surface area (Å²) in [7, 11) is 0. The zero-order valence-corrected chi connectivity index (χ0v) is 12.6. The molecule has 0 atom stereocenters. The molecule has 2 nitrogen and oxygen atoms in total. The third kappa shape index (κ3) is 2.83. The lowest BCUT2D eigenvalue weighted by atomic mass is 10.1. The van der Waals surface area contributed by atoms with Crippen LogP contribution in [0.5, 0.6) is 0 Å². The van der Waals surface area contributed by atoms with Gasteiger partial charge in [0.2, 0.25) is 0 Å². The fourth-order valence-corrected chi connectivity index (χ4v) is 2.43. The number of hydrogen-bond donors (Lipinski definition) is 0. The van der Waals surface area contributed by atoms with Crippen LogP contribution in [0.1, 0.15) is 26.0 Å². The molecule has 0 amide bonds. The highest BCUT2D eigenvalue weighted by Gasteiger charge is 2.08. The minimum atomic E-state index is 0.921. The van der Waals surface area contributed by atoms with E-state index in [0.717, 1.165) is 24.7 Å². The number of rotatable bonds is 5. The molecule has 0 aliphatic rings. The van der Waals surface area contributed by atoms with Crippen molar-refractivity contribution in [2.45, 2.75) is 33.2 Å². The maximum absolute atomic E-state index is 4.72. The van der Waals surface area contributed by atoms with Crippen LogP contribution in [-0.2, 0) is 13.0 Å². The van der Waals surface area contributed by atoms with Crippen LogP contribution in [-0.4, -0.2) is 15.1 Å². The van der Waals surface area contributed by atoms with Crippen molar-refractivity contribution in [2.75, 3.05) is 5.33 Å². The molecule has 2 aromatic rings. The van der Waals surface area contributed by atoms with Crippen LogP contribution < -0.4 is 0 Å². The number of aromatic nitrogens is 2. The van der Waals surface area contributed by atoms with Crippen LogP contribution in [0.4, 0.5) is 0 Å². The van der Waals surface area contributed by atoms with Crippen LogP contribution in [0.25, 0.3) is 10.9 Å². The number of hydrogen-bond acceptors (Lipinski definition) is 1. The van der Waals surface area contributed by atoms with E-state index in [2.05, 4.69) is 64.8 Å². The number of aryl methyl sites for hydroxylation is 1. The molecule has 0 bridgehead atoms. The van der Waals surface area contributed by atoms with Gasteiger partial charge in [-0.2, -0.15) is 5.10 Å². The molecule has 0 fully saturated rings. The highest BCUT2D eigenvalue weighted by atomic mass is 79.9. The summed E-state index contributed by atoms with van der Waals surface area (Å²) in [5.74, 6) is 0. The van der Waals surface area contributed by atoms with Gasteiger partial charge in [-0.15, -0.1) is 0 Å². The Morgan fingerprint density at radius 3 is 2.89 bits per heavy atom. The normalized spacial score (nSPS) is 12.3. The standard InChI is InChI=1S/C15H19BrN2/c1-3-18-15-9-5-4-8-13(15)14(17-18)11-12(2)7-6-10-16/h4-5,7-9H,3,6,10-11H2,1-2H3. The summed E-state index contributed by atoms with van der Waals surface area (Å²) >= 11 is 3.45. The quantitative estimate of drug-likeness (QED) is 0.594. The largest absolute Gasteiger partial charge is 0.265 e. The van der Waals surface area contributed by atoms with Crippen molar-refractivity contribution < 1.29 is 0 Å². The maximum Gasteiger partial charge on any atom is 0.0743 e. The molecule has 0 radical (unpaired) electrons. The third-order valence-electron chi connectivity index (χ3n) is 3.08. The summed E-state index contributed by atoms with van der Waals surface area (Å²) in [6.07, 6.45) is 4.31. The first-order chi connectivity index (χ1) is 8.76. The van der Waals surface area contributed by atoms with Gasteiger partial charge in [-0.05, 0) is 26.3 Å². The van der Waals surface area contributed by atoms with Gasteiger partial charge in [0.05, 0.1) is 11.2 Å². The predicted octanol–water partition coefficient (Wildman–Crippen LogP) is 4.33. The summed E-state index contributed by atoms with van der Waals surface area (Å²) < 4.78 is 2.09. The molecule has 0 aliphatic heterocycles. The topological polar surface area (TPSA) is 17.8 Å². The SMILES string of the molecule is CCn1nc(CC(C)=CCCBr)c2ccccc21. The van der Waals surface area contributed by atoms with Crippen molar-refractivity contribution >= 4 is 26.8 Å². The van der Waals surface area contributed by atoms with Crippen molar-refractivity contribution in [3.05, 3.63) is 41.6 Å². The maximum atomic E-state index is 4.72. The number of para-hydroxylation sites is 1. The summed E-state index contributed by atoms with van der Waals surface area (Å²) in [6.45, 7) is 5.24. The molecule has 0 unspecified atom stereocenters. The Morgan fingerprint density at radius 1 is 1.39 bits per heavy atom. The lowest BCUT2D eigenvalue weighted by Gasteiger charge is -1.98. The molecule has 1 heterocycles. The molecule has 1 aromatic carbocycles. The van der Waals surface area contributed by atoms with E-state index in [1.165, 1.54) is 22.2 Å². The zero-order valence-electron chi connectivity index (χ0n) is 11.0. The number of benzene rings is 1. The molecule has 0 spiro atoms. The van der Waals surface area contributed by atoms with Crippen molar-refractivity contribution in [3.8, 4) is 0 Å². The summed E-state index contributed by atoms with van der Waals surface area (Å²) in [5, 5.41) is 7.03. The first kappa shape index (κ1) is 13.3. The molecule has 0 saturated heterocycles. The Balaban J connectivity index is 2.33. The van der Waals surface area contributed by atoms with Crippen LogP contribution in [0.2, 0.25) is 0 Å². The number of allylic oxidation sites excluding steroid dienone is 2. The monoisotopic (exact) mass is 306 g/mol. The van der Waals surface area contributed by atoms with Gasteiger partial charge in [-0.25, -0.2) is 0 Å². The van der Waals surface area contributed by atoms with E-state index < -0.39 is 0 Å². The Hall–Kier alpha value is -1.09. The summed E-state index contributed by atoms with van der Waals surface area (Å²) in [6, 6.07) is 8.48. The smallest absolute Gasteiger partial charge is 0.0743 e. The predicted molar refractivity (Wildman–Crippen MR) is 81.3 cm³/mol. The van der Waals surface area contributed by atoms with E-state index in [9.17, 15) is 0 Å². The highest BCUT2D eigenvalue weighted by Crippen LogP contribution is 2.20. The average molecular weight is 307 g/mol. The lowest BCUT2D eigenvalue weighted by molar-refractivity contribution is 0.671. The van der Waals surface area contributed by atoms with Gasteiger partial charge < -0.3 is 0 Å². The van der Waals surface area contributed by atoms with Gasteiger partial charge in [0.1, 0.15) is 0 Å². The van der Waals surface area contributed by atoms with Crippen LogP contribution in [0.15, 0.2) is 35.9 Å². The first-order valence-electron chi connectivity index (χ1n) is 6.42. The molecule has 1 aromatic heterocycles. The molecule has 3 heteroatoms. The molecular weight excluding hydrogens is 288 g/mol. The van der Waals surface area contributed by atoms with Gasteiger partial charge >= 0.3 is 0 Å². The Labute approximate surface area is 117 Å². The average Bonchev–Trinajstić information content (AvgIpc) is 2.75. The number of alkyl halides is 1. The second-order valence-electron chi connectivity index (χ2n) is 4.48. The van der Waals surface area contributed by atoms with E-state index in [4.69, 9.17) is 5.10 Å². The minimum absolute atomic E-state index is 0.921. The summed E-state index contributed by atoms with van der Waals surface area (Å²) in [4.78, 5) is 0. The molecule has 2 rings (SSSR count). The molecular formula is C15H19BrN2. The third-order valence-corrected chi connectivity index (χ3v) is 3.54. The fraction of sp³-hybridized carbons (Fsp3) is 0.400. The number of nitrogens with zero attached hydrogens (tertiary/aromatic N) is 2. The first-order valence-corrected chi connectivity index (χ1v) is 7.54. The van der Waals surface area contributed by atoms with Gasteiger partial charge in [-0.3, -0.25) is 4.68 Å². The lowest BCUT2D eigenvalue weighted by Crippen LogP contribution is -1.97. The van der Waals surface area contributed by atoms with Gasteiger partial charge in [0, 0.05) is 23.7 Å². The van der Waals surface area contributed by atoms with Gasteiger partial charge in [0.25, 0.3) is 0 Å². The van der Waals surface area contributed by atoms with E-state index in [0.29, 0.717) is 0 Å². The molecule has 0 N–H and O–H groups in total. The highest BCUT2D eigenvalue weighted by molar-refractivity contribution is 9.09. The number of halogens is 1. The van der Waals surface area contributed by atoms with Gasteiger partial charge in [0.15, 0.2) is 0 Å². The van der Waals surface area contributed by atoms with E-state index in [1.54, 1.807) is 0 Å². The van der Waals surface area contributed by atoms with Crippen LogP contribution in [0, 0.1) is 0 Å². The Bertz CT molecular complexity index is 555. The van der Waals surface area contributed by atoms with Crippen molar-refractivity contribution in [1.82, 2.24) is 9.78 Å². The second kappa shape index (κ2) is 6.19. The molecule has 96 valence electrons. The van der Waals surface area contributed by atoms with Crippen molar-refractivity contribution in [3.63, 3.8) is 0 Å². The van der Waals surface area contributed by atoms with E-state index in [1.807, 2.05) is 0 Å². The fourth-order valence-electron chi connectivity index (χ4n) is 2.21. The molecule has 0 saturated carbocycles. The van der Waals surface area contributed by atoms with Crippen molar-refractivity contribution in [1.29, 1.82) is 0 Å². The van der Waals surface area contributed by atoms with Crippen LogP contribution in [0.3, 0.4) is 0 Å². The Kier molecular flexibility index (Phi) is 4.59. The van der Waals surface area contributed by atoms with Crippen LogP contribution >= 0.6 is 15.9 Å². The Morgan fingerprint density at radius 2 is 2.17 bits per heavy atom.